The Morgan fingerprint density at radius 1 is 0.244 bits per heavy atom. The Hall–Kier alpha value is -1.85. The van der Waals surface area contributed by atoms with Crippen LogP contribution < -0.4 is 0 Å². The number of hydrogen-bond donors (Lipinski definition) is 0. The molecule has 0 heterocycles. The van der Waals surface area contributed by atoms with Crippen molar-refractivity contribution in [2.75, 3.05) is 13.2 Å². The summed E-state index contributed by atoms with van der Waals surface area (Å²) in [6, 6.07) is 0. The maximum Gasteiger partial charge on any atom is 0.306 e. The van der Waals surface area contributed by atoms with Crippen LogP contribution in [0.4, 0.5) is 0 Å². The molecule has 0 aromatic rings. The maximum absolute atomic E-state index is 12.9. The van der Waals surface area contributed by atoms with E-state index in [1.54, 1.807) is 0 Å². The molecule has 0 saturated heterocycles. The molecular weight excluding hydrogens is 961 g/mol. The fourth-order valence-electron chi connectivity index (χ4n) is 11.2. The summed E-state index contributed by atoms with van der Waals surface area (Å²) in [4.78, 5) is 38.4. The lowest BCUT2D eigenvalue weighted by Gasteiger charge is -2.18. The molecule has 0 aromatic heterocycles. The fraction of sp³-hybridized carbons (Fsp3) is 0.931. The normalized spacial score (nSPS) is 12.0. The summed E-state index contributed by atoms with van der Waals surface area (Å²) in [7, 11) is 0. The standard InChI is InChI=1S/C72H138O6/c1-4-7-10-13-16-19-22-25-27-29-31-33-35-36-37-38-40-41-43-45-47-50-53-56-59-62-65-71(74)77-68-69(67-76-70(73)64-61-58-55-52-49-24-21-18-15-12-9-6-3)78-72(75)66-63-60-57-54-51-48-46-44-42-39-34-32-30-28-26-23-20-17-14-11-8-5-2/h18,21,69H,4-17,19-20,22-68H2,1-3H3/b21-18-. The van der Waals surface area contributed by atoms with E-state index in [0.717, 1.165) is 64.2 Å². The van der Waals surface area contributed by atoms with Gasteiger partial charge in [-0.1, -0.05) is 360 Å². The Bertz CT molecular complexity index is 1210. The zero-order valence-electron chi connectivity index (χ0n) is 53.2. The van der Waals surface area contributed by atoms with Gasteiger partial charge in [-0.15, -0.1) is 0 Å². The van der Waals surface area contributed by atoms with E-state index in [1.165, 1.54) is 308 Å². The first-order valence-electron chi connectivity index (χ1n) is 35.7. The van der Waals surface area contributed by atoms with Crippen LogP contribution in [0.5, 0.6) is 0 Å². The van der Waals surface area contributed by atoms with Gasteiger partial charge in [0.15, 0.2) is 6.10 Å². The van der Waals surface area contributed by atoms with E-state index < -0.39 is 6.10 Å². The average molecular weight is 1100 g/mol. The molecule has 6 nitrogen and oxygen atoms in total. The molecule has 0 radical (unpaired) electrons. The topological polar surface area (TPSA) is 78.9 Å². The molecule has 1 atom stereocenters. The number of carbonyl (C=O) groups is 3. The van der Waals surface area contributed by atoms with Crippen molar-refractivity contribution >= 4 is 17.9 Å². The van der Waals surface area contributed by atoms with Gasteiger partial charge in [0.05, 0.1) is 0 Å². The second-order valence-electron chi connectivity index (χ2n) is 24.5. The van der Waals surface area contributed by atoms with Crippen LogP contribution in [0.15, 0.2) is 12.2 Å². The van der Waals surface area contributed by atoms with Crippen molar-refractivity contribution in [2.24, 2.45) is 0 Å². The SMILES string of the molecule is CCCCC/C=C\CCCCCCCC(=O)OCC(COC(=O)CCCCCCCCCCCCCCCCCCCCCCCCCCCC)OC(=O)CCCCCCCCCCCCCCCCCCCCCCCC. The third kappa shape index (κ3) is 65.0. The Labute approximate surface area is 488 Å². The zero-order valence-corrected chi connectivity index (χ0v) is 53.2. The minimum Gasteiger partial charge on any atom is -0.462 e. The lowest BCUT2D eigenvalue weighted by atomic mass is 10.0. The Balaban J connectivity index is 4.16. The van der Waals surface area contributed by atoms with Gasteiger partial charge < -0.3 is 14.2 Å². The average Bonchev–Trinajstić information content (AvgIpc) is 3.44. The molecule has 0 N–H and O–H groups in total. The van der Waals surface area contributed by atoms with Crippen LogP contribution in [-0.2, 0) is 28.6 Å². The quantitative estimate of drug-likeness (QED) is 0.0261. The van der Waals surface area contributed by atoms with Gasteiger partial charge in [-0.2, -0.15) is 0 Å². The van der Waals surface area contributed by atoms with Crippen LogP contribution in [-0.4, -0.2) is 37.2 Å². The monoisotopic (exact) mass is 1100 g/mol. The van der Waals surface area contributed by atoms with Gasteiger partial charge in [0.25, 0.3) is 0 Å². The van der Waals surface area contributed by atoms with E-state index in [0.29, 0.717) is 19.3 Å². The van der Waals surface area contributed by atoms with Gasteiger partial charge in [-0.05, 0) is 44.9 Å². The maximum atomic E-state index is 12.9. The summed E-state index contributed by atoms with van der Waals surface area (Å²) in [6.07, 6.45) is 81.1. The van der Waals surface area contributed by atoms with Gasteiger partial charge in [0.2, 0.25) is 0 Å². The molecule has 0 aliphatic carbocycles. The Morgan fingerprint density at radius 3 is 0.667 bits per heavy atom. The third-order valence-electron chi connectivity index (χ3n) is 16.5. The first kappa shape index (κ1) is 76.1. The van der Waals surface area contributed by atoms with Crippen molar-refractivity contribution in [3.05, 3.63) is 12.2 Å². The van der Waals surface area contributed by atoms with E-state index in [4.69, 9.17) is 14.2 Å². The first-order valence-corrected chi connectivity index (χ1v) is 35.7. The lowest BCUT2D eigenvalue weighted by molar-refractivity contribution is -0.167. The Kier molecular flexibility index (Phi) is 66.0. The first-order chi connectivity index (χ1) is 38.5. The second-order valence-corrected chi connectivity index (χ2v) is 24.5. The number of rotatable bonds is 67. The molecule has 0 spiro atoms. The van der Waals surface area contributed by atoms with Gasteiger partial charge in [-0.3, -0.25) is 14.4 Å². The van der Waals surface area contributed by atoms with Crippen LogP contribution >= 0.6 is 0 Å². The summed E-state index contributed by atoms with van der Waals surface area (Å²) in [6.45, 7) is 6.70. The molecule has 0 bridgehead atoms. The summed E-state index contributed by atoms with van der Waals surface area (Å²) < 4.78 is 17.0. The summed E-state index contributed by atoms with van der Waals surface area (Å²) in [5.41, 5.74) is 0. The largest absolute Gasteiger partial charge is 0.462 e. The van der Waals surface area contributed by atoms with Crippen molar-refractivity contribution in [1.82, 2.24) is 0 Å². The molecule has 0 saturated carbocycles. The molecule has 0 rings (SSSR count). The second kappa shape index (κ2) is 67.7. The number of ether oxygens (including phenoxy) is 3. The zero-order chi connectivity index (χ0) is 56.4. The number of hydrogen-bond acceptors (Lipinski definition) is 6. The number of carbonyl (C=O) groups excluding carboxylic acids is 3. The lowest BCUT2D eigenvalue weighted by Crippen LogP contribution is -2.30. The van der Waals surface area contributed by atoms with E-state index in [1.807, 2.05) is 0 Å². The van der Waals surface area contributed by atoms with Crippen LogP contribution in [0, 0.1) is 0 Å². The predicted octanol–water partition coefficient (Wildman–Crippen LogP) is 24.4. The number of esters is 3. The van der Waals surface area contributed by atoms with Crippen LogP contribution in [0.2, 0.25) is 0 Å². The van der Waals surface area contributed by atoms with Crippen molar-refractivity contribution < 1.29 is 28.6 Å². The molecular formula is C72H138O6. The van der Waals surface area contributed by atoms with Crippen molar-refractivity contribution in [2.45, 2.75) is 419 Å². The number of unbranched alkanes of at least 4 members (excludes halogenated alkanes) is 54. The molecule has 0 aliphatic heterocycles. The van der Waals surface area contributed by atoms with Gasteiger partial charge in [0, 0.05) is 19.3 Å². The minimum atomic E-state index is -0.769. The molecule has 6 heteroatoms. The highest BCUT2D eigenvalue weighted by Gasteiger charge is 2.19. The van der Waals surface area contributed by atoms with Crippen molar-refractivity contribution in [3.63, 3.8) is 0 Å². The van der Waals surface area contributed by atoms with Gasteiger partial charge in [0.1, 0.15) is 13.2 Å². The van der Waals surface area contributed by atoms with Crippen molar-refractivity contribution in [1.29, 1.82) is 0 Å². The van der Waals surface area contributed by atoms with Gasteiger partial charge in [-0.25, -0.2) is 0 Å². The van der Waals surface area contributed by atoms with E-state index in [-0.39, 0.29) is 31.1 Å². The van der Waals surface area contributed by atoms with E-state index in [9.17, 15) is 14.4 Å². The minimum absolute atomic E-state index is 0.0657. The highest BCUT2D eigenvalue weighted by atomic mass is 16.6. The molecule has 78 heavy (non-hydrogen) atoms. The smallest absolute Gasteiger partial charge is 0.306 e. The molecule has 462 valence electrons. The molecule has 1 unspecified atom stereocenters. The van der Waals surface area contributed by atoms with Crippen LogP contribution in [0.1, 0.15) is 412 Å². The van der Waals surface area contributed by atoms with Crippen LogP contribution in [0.3, 0.4) is 0 Å². The van der Waals surface area contributed by atoms with Crippen LogP contribution in [0.25, 0.3) is 0 Å². The predicted molar refractivity (Wildman–Crippen MR) is 340 cm³/mol. The summed E-state index contributed by atoms with van der Waals surface area (Å²) in [5.74, 6) is -0.840. The van der Waals surface area contributed by atoms with E-state index in [2.05, 4.69) is 32.9 Å². The number of allylic oxidation sites excluding steroid dienone is 2. The molecule has 0 aromatic carbocycles. The Morgan fingerprint density at radius 2 is 0.423 bits per heavy atom. The highest BCUT2D eigenvalue weighted by molar-refractivity contribution is 5.71. The van der Waals surface area contributed by atoms with Crippen molar-refractivity contribution in [3.8, 4) is 0 Å². The summed E-state index contributed by atoms with van der Waals surface area (Å²) in [5, 5.41) is 0. The molecule has 0 amide bonds. The molecule has 0 fully saturated rings. The molecule has 0 aliphatic rings. The highest BCUT2D eigenvalue weighted by Crippen LogP contribution is 2.19. The van der Waals surface area contributed by atoms with Gasteiger partial charge >= 0.3 is 17.9 Å². The van der Waals surface area contributed by atoms with E-state index >= 15 is 0 Å². The fourth-order valence-corrected chi connectivity index (χ4v) is 11.2. The summed E-state index contributed by atoms with van der Waals surface area (Å²) >= 11 is 0. The third-order valence-corrected chi connectivity index (χ3v) is 16.5.